The quantitative estimate of drug-likeness (QED) is 0.0470. The molecule has 2 saturated carbocycles. The molecular weight excluding hydrogens is 1760 g/mol. The van der Waals surface area contributed by atoms with Crippen LogP contribution in [0.3, 0.4) is 0 Å². The number of hydrogen-bond acceptors (Lipinski definition) is 16. The van der Waals surface area contributed by atoms with E-state index in [1.165, 1.54) is 53.9 Å². The van der Waals surface area contributed by atoms with Crippen molar-refractivity contribution >= 4 is 58.5 Å². The van der Waals surface area contributed by atoms with Crippen molar-refractivity contribution in [1.82, 2.24) is 77.0 Å². The van der Waals surface area contributed by atoms with Gasteiger partial charge in [0.25, 0.3) is 11.8 Å². The van der Waals surface area contributed by atoms with Gasteiger partial charge in [0.05, 0.1) is 46.2 Å². The summed E-state index contributed by atoms with van der Waals surface area (Å²) < 4.78 is 125. The molecule has 2 aliphatic carbocycles. The van der Waals surface area contributed by atoms with Gasteiger partial charge in [-0.15, -0.1) is 0 Å². The van der Waals surface area contributed by atoms with Crippen molar-refractivity contribution in [2.75, 3.05) is 64.2 Å². The van der Waals surface area contributed by atoms with Crippen LogP contribution in [0.2, 0.25) is 0 Å². The minimum absolute atomic E-state index is 0.00318. The smallest absolute Gasteiger partial charge is 0.381 e. The minimum Gasteiger partial charge on any atom is -0.381 e. The second-order valence-electron chi connectivity index (χ2n) is 37.1. The Labute approximate surface area is 770 Å². The molecule has 8 aromatic heterocycles. The van der Waals surface area contributed by atoms with E-state index < -0.39 is 72.0 Å². The molecule has 0 unspecified atom stereocenters. The van der Waals surface area contributed by atoms with Gasteiger partial charge >= 0.3 is 22.9 Å². The molecule has 134 heavy (non-hydrogen) atoms. The zero-order valence-electron chi connectivity index (χ0n) is 77.7. The zero-order valence-corrected chi connectivity index (χ0v) is 79.5. The third-order valence-corrected chi connectivity index (χ3v) is 36.5. The Morgan fingerprint density at radius 1 is 0.485 bits per heavy atom. The van der Waals surface area contributed by atoms with E-state index in [-0.39, 0.29) is 66.2 Å². The number of fused-ring (bicyclic) bond motifs is 4. The molecule has 6 atom stereocenters. The van der Waals surface area contributed by atoms with Gasteiger partial charge in [-0.1, -0.05) is 77.8 Å². The summed E-state index contributed by atoms with van der Waals surface area (Å²) in [6.45, 7) is 29.0. The number of amides is 2. The number of aromatic nitrogens is 14. The van der Waals surface area contributed by atoms with E-state index in [1.54, 1.807) is 95.7 Å². The van der Waals surface area contributed by atoms with Gasteiger partial charge in [-0.2, -0.15) is 10.2 Å². The molecule has 6 aromatic carbocycles. The summed E-state index contributed by atoms with van der Waals surface area (Å²) in [5.74, 6) is -1.92. The highest BCUT2D eigenvalue weighted by atomic mass is 31.2. The number of imidazole rings is 2. The van der Waals surface area contributed by atoms with Crippen LogP contribution in [0.5, 0.6) is 0 Å². The normalized spacial score (nSPS) is 19.9. The van der Waals surface area contributed by atoms with Gasteiger partial charge in [0.2, 0.25) is 0 Å². The van der Waals surface area contributed by atoms with E-state index >= 15 is 27.2 Å². The van der Waals surface area contributed by atoms with Crippen molar-refractivity contribution in [3.63, 3.8) is 0 Å². The lowest BCUT2D eigenvalue weighted by molar-refractivity contribution is 0.0656. The number of carbonyl (C=O) groups excluding carboxylic acids is 2. The number of hydrogen-bond donors (Lipinski definition) is 2. The minimum atomic E-state index is -2.86. The number of aromatic amines is 2. The highest BCUT2D eigenvalue weighted by Crippen LogP contribution is 2.58. The molecule has 2 saturated heterocycles. The summed E-state index contributed by atoms with van der Waals surface area (Å²) in [7, 11) is -5.71. The molecule has 700 valence electrons. The van der Waals surface area contributed by atoms with Crippen molar-refractivity contribution in [2.24, 2.45) is 11.8 Å². The topological polar surface area (TPSA) is 310 Å². The molecular formula is C100H110F4N16O12P2. The highest BCUT2D eigenvalue weighted by molar-refractivity contribution is 7.72. The Bertz CT molecular complexity index is 7020. The van der Waals surface area contributed by atoms with E-state index in [0.29, 0.717) is 208 Å². The molecule has 0 bridgehead atoms. The summed E-state index contributed by atoms with van der Waals surface area (Å²) in [4.78, 5) is 94.8. The zero-order chi connectivity index (χ0) is 94.5. The molecule has 34 heteroatoms. The van der Waals surface area contributed by atoms with Gasteiger partial charge < -0.3 is 37.5 Å². The van der Waals surface area contributed by atoms with Crippen molar-refractivity contribution < 1.29 is 54.8 Å². The number of H-pyrrole nitrogens is 2. The number of halogens is 4. The fourth-order valence-electron chi connectivity index (χ4n) is 21.9. The first-order valence-corrected chi connectivity index (χ1v) is 50.9. The molecule has 20 rings (SSSR count). The largest absolute Gasteiger partial charge is 0.438 e. The lowest BCUT2D eigenvalue weighted by Gasteiger charge is -2.34. The van der Waals surface area contributed by atoms with Crippen LogP contribution in [0.1, 0.15) is 231 Å². The highest BCUT2D eigenvalue weighted by Gasteiger charge is 2.61. The van der Waals surface area contributed by atoms with Crippen molar-refractivity contribution in [3.8, 4) is 34.4 Å². The predicted octanol–water partition coefficient (Wildman–Crippen LogP) is 16.7. The Balaban J connectivity index is 0.000000172. The van der Waals surface area contributed by atoms with E-state index in [2.05, 4.69) is 70.5 Å². The molecule has 6 aliphatic rings. The lowest BCUT2D eigenvalue weighted by atomic mass is 9.91. The van der Waals surface area contributed by atoms with Crippen LogP contribution in [-0.4, -0.2) is 153 Å². The van der Waals surface area contributed by atoms with Crippen LogP contribution in [-0.2, 0) is 55.4 Å². The number of benzene rings is 6. The van der Waals surface area contributed by atoms with Crippen molar-refractivity contribution in [3.05, 3.63) is 277 Å². The number of nitrogens with one attached hydrogen (secondary N) is 2. The first-order chi connectivity index (χ1) is 64.3. The average Bonchev–Trinajstić information content (AvgIpc) is 1.53. The maximum Gasteiger partial charge on any atom is 0.438 e. The summed E-state index contributed by atoms with van der Waals surface area (Å²) >= 11 is 0. The Morgan fingerprint density at radius 2 is 0.888 bits per heavy atom. The van der Waals surface area contributed by atoms with E-state index in [9.17, 15) is 28.3 Å². The summed E-state index contributed by atoms with van der Waals surface area (Å²) in [6, 6.07) is 28.0. The number of rotatable bonds is 22. The molecule has 4 fully saturated rings. The van der Waals surface area contributed by atoms with Crippen LogP contribution >= 0.6 is 14.3 Å². The second-order valence-corrected chi connectivity index (χ2v) is 44.2. The van der Waals surface area contributed by atoms with Crippen molar-refractivity contribution in [1.29, 1.82) is 0 Å². The van der Waals surface area contributed by atoms with Gasteiger partial charge in [-0.05, 0) is 240 Å². The standard InChI is InChI=1S/2C50H55F2N8O6P/c1-8-32-24-40(37(51)26-42(32)67(64,9-2)10-3)57-17-18-58(49(57)63)45-43-31(7)56(16-13-38(43)54-60(45)36-21-28(4)44(52)29(5)22-36)46(61)41-25-35-23-34(33-14-19-65-20-15-33)11-12-39(35)59(41)50(27-30(50)6)47-53-48(62)66-55-47;1-8-36-41(67(64,9-2)10-3)14-13-39(44(36)52)57-19-20-58(49(57)63)45-42-31(7)56(18-15-37(42)54-60(45)35-23-28(4)43(51)29(5)24-35)46(61)40-26-34-25-33(32-16-21-65-22-17-32)11-12-38(34)59(40)50(27-30(50)6)47-53-48(62)66-55-47/h11-12,17-18,21-26,30-31,33H,8-10,13-16,19-20,27H2,1-7H3,(H,53,55,62);11-14,19-20,23-26,30-32H,8-10,15-18,21-22,27H2,1-7H3,(H,53,55,62)/t2*30-,31-,50-/m00/s1. The summed E-state index contributed by atoms with van der Waals surface area (Å²) in [5.41, 5.74) is 8.05. The van der Waals surface area contributed by atoms with Gasteiger partial charge in [0, 0.05) is 151 Å². The Hall–Kier alpha value is -12.2. The maximum absolute atomic E-state index is 16.7. The monoisotopic (exact) mass is 1860 g/mol. The SMILES string of the molecule is CCc1c(P(=O)(CC)CC)ccc(-n2ccn(-c3c4c(nn3-c3cc(C)c(F)c(C)c3)CCN(C(=O)c3cc5cc(C6CCOCC6)ccc5n3[C@@]3(c5noc(=O)[nH]5)C[C@@H]3C)[C@H]4C)c2=O)c1F.CCc1cc(-n2ccn(-c3c4c(nn3-c3cc(C)c(F)c(C)c3)CCN(C(=O)c3cc5cc(C6CCOCC6)ccc5n3[C@@]3(c5noc(=O)[nH]5)C[C@@H]3C)[C@H]4C)c2=O)c(F)cc1P(=O)(CC)CC. The van der Waals surface area contributed by atoms with E-state index in [1.807, 2.05) is 76.7 Å². The first-order valence-electron chi connectivity index (χ1n) is 46.7. The average molecular weight is 1870 g/mol. The molecule has 12 heterocycles. The molecule has 0 spiro atoms. The fourth-order valence-corrected chi connectivity index (χ4v) is 26.4. The van der Waals surface area contributed by atoms with Crippen LogP contribution in [0.25, 0.3) is 56.2 Å². The first kappa shape index (κ1) is 90.9. The van der Waals surface area contributed by atoms with E-state index in [0.717, 1.165) is 47.5 Å². The fraction of sp³-hybridized carbons (Fsp3) is 0.420. The van der Waals surface area contributed by atoms with Gasteiger partial charge in [0.15, 0.2) is 17.5 Å². The summed E-state index contributed by atoms with van der Waals surface area (Å²) in [5, 5.41) is 21.2. The van der Waals surface area contributed by atoms with Crippen LogP contribution < -0.4 is 33.5 Å². The summed E-state index contributed by atoms with van der Waals surface area (Å²) in [6.07, 6.45) is 13.9. The molecule has 2 N–H and O–H groups in total. The predicted molar refractivity (Wildman–Crippen MR) is 503 cm³/mol. The van der Waals surface area contributed by atoms with Crippen LogP contribution in [0, 0.1) is 62.8 Å². The van der Waals surface area contributed by atoms with Gasteiger partial charge in [0.1, 0.15) is 65.8 Å². The lowest BCUT2D eigenvalue weighted by Crippen LogP contribution is -2.41. The second kappa shape index (κ2) is 34.6. The number of carbonyl (C=O) groups is 2. The molecule has 4 aliphatic heterocycles. The molecule has 0 radical (unpaired) electrons. The third kappa shape index (κ3) is 14.7. The van der Waals surface area contributed by atoms with Crippen LogP contribution in [0.4, 0.5) is 17.6 Å². The number of aryl methyl sites for hydroxylation is 5. The Kier molecular flexibility index (Phi) is 23.5. The third-order valence-electron chi connectivity index (χ3n) is 29.8. The van der Waals surface area contributed by atoms with Crippen LogP contribution in [0.15, 0.2) is 150 Å². The Morgan fingerprint density at radius 3 is 1.27 bits per heavy atom. The number of nitrogens with zero attached hydrogens (tertiary/aromatic N) is 14. The van der Waals surface area contributed by atoms with Crippen molar-refractivity contribution in [2.45, 2.75) is 196 Å². The number of ether oxygens (including phenoxy) is 2. The molecule has 2 amide bonds. The molecule has 14 aromatic rings. The van der Waals surface area contributed by atoms with E-state index in [4.69, 9.17) is 28.7 Å². The van der Waals surface area contributed by atoms with Gasteiger partial charge in [-0.3, -0.25) is 46.9 Å². The molecule has 28 nitrogen and oxygen atoms in total. The maximum atomic E-state index is 16.7. The van der Waals surface area contributed by atoms with Gasteiger partial charge in [-0.25, -0.2) is 46.1 Å².